The second kappa shape index (κ2) is 4.33. The molecule has 0 aromatic heterocycles. The first kappa shape index (κ1) is 9.34. The van der Waals surface area contributed by atoms with Crippen molar-refractivity contribution < 1.29 is 9.84 Å². The Morgan fingerprint density at radius 1 is 1.43 bits per heavy atom. The van der Waals surface area contributed by atoms with E-state index in [4.69, 9.17) is 9.84 Å². The second-order valence-corrected chi connectivity index (χ2v) is 3.39. The van der Waals surface area contributed by atoms with E-state index in [1.54, 1.807) is 0 Å². The average Bonchev–Trinajstić information content (AvgIpc) is 2.26. The van der Waals surface area contributed by atoms with E-state index in [1.165, 1.54) is 12.0 Å². The minimum Gasteiger partial charge on any atom is -0.489 e. The summed E-state index contributed by atoms with van der Waals surface area (Å²) in [6, 6.07) is 6.05. The van der Waals surface area contributed by atoms with Crippen molar-refractivity contribution >= 4 is 5.69 Å². The highest BCUT2D eigenvalue weighted by Crippen LogP contribution is 2.31. The van der Waals surface area contributed by atoms with Gasteiger partial charge in [0.05, 0.1) is 12.3 Å². The topological polar surface area (TPSA) is 41.5 Å². The Morgan fingerprint density at radius 2 is 2.36 bits per heavy atom. The minimum atomic E-state index is 0.0592. The third-order valence-corrected chi connectivity index (χ3v) is 2.39. The SMILES string of the molecule is OCCOc1cccc2c1NCCC2. The number of anilines is 1. The molecule has 1 aromatic carbocycles. The van der Waals surface area contributed by atoms with Crippen LogP contribution in [0.2, 0.25) is 0 Å². The molecule has 0 saturated heterocycles. The van der Waals surface area contributed by atoms with Crippen molar-refractivity contribution in [2.75, 3.05) is 25.1 Å². The summed E-state index contributed by atoms with van der Waals surface area (Å²) in [5, 5.41) is 12.0. The number of hydrogen-bond acceptors (Lipinski definition) is 3. The van der Waals surface area contributed by atoms with E-state index in [1.807, 2.05) is 12.1 Å². The number of aliphatic hydroxyl groups is 1. The van der Waals surface area contributed by atoms with Gasteiger partial charge in [-0.15, -0.1) is 0 Å². The van der Waals surface area contributed by atoms with Crippen molar-refractivity contribution in [2.45, 2.75) is 12.8 Å². The van der Waals surface area contributed by atoms with E-state index in [0.717, 1.165) is 24.4 Å². The molecule has 1 aromatic rings. The summed E-state index contributed by atoms with van der Waals surface area (Å²) < 4.78 is 5.44. The zero-order valence-corrected chi connectivity index (χ0v) is 8.12. The zero-order valence-electron chi connectivity index (χ0n) is 8.12. The summed E-state index contributed by atoms with van der Waals surface area (Å²) in [4.78, 5) is 0. The first-order valence-electron chi connectivity index (χ1n) is 5.01. The normalized spacial score (nSPS) is 14.4. The summed E-state index contributed by atoms with van der Waals surface area (Å²) in [7, 11) is 0. The Bertz CT molecular complexity index is 312. The van der Waals surface area contributed by atoms with E-state index < -0.39 is 0 Å². The number of hydrogen-bond donors (Lipinski definition) is 2. The molecule has 0 fully saturated rings. The fourth-order valence-electron chi connectivity index (χ4n) is 1.75. The fourth-order valence-corrected chi connectivity index (χ4v) is 1.75. The van der Waals surface area contributed by atoms with Crippen LogP contribution in [0, 0.1) is 0 Å². The predicted molar refractivity (Wildman–Crippen MR) is 55.8 cm³/mol. The van der Waals surface area contributed by atoms with Crippen LogP contribution in [-0.4, -0.2) is 24.9 Å². The maximum atomic E-state index is 8.69. The van der Waals surface area contributed by atoms with E-state index >= 15 is 0 Å². The van der Waals surface area contributed by atoms with Crippen molar-refractivity contribution in [1.82, 2.24) is 0 Å². The largest absolute Gasteiger partial charge is 0.489 e. The van der Waals surface area contributed by atoms with Crippen molar-refractivity contribution in [3.8, 4) is 5.75 Å². The highest BCUT2D eigenvalue weighted by Gasteiger charge is 2.12. The lowest BCUT2D eigenvalue weighted by molar-refractivity contribution is 0.202. The molecule has 14 heavy (non-hydrogen) atoms. The lowest BCUT2D eigenvalue weighted by atomic mass is 10.0. The molecule has 2 rings (SSSR count). The Kier molecular flexibility index (Phi) is 2.89. The number of aliphatic hydroxyl groups excluding tert-OH is 1. The molecular weight excluding hydrogens is 178 g/mol. The number of ether oxygens (including phenoxy) is 1. The number of benzene rings is 1. The van der Waals surface area contributed by atoms with E-state index in [9.17, 15) is 0 Å². The van der Waals surface area contributed by atoms with Crippen molar-refractivity contribution in [2.24, 2.45) is 0 Å². The van der Waals surface area contributed by atoms with Gasteiger partial charge in [0, 0.05) is 6.54 Å². The molecule has 0 amide bonds. The molecule has 3 nitrogen and oxygen atoms in total. The van der Waals surface area contributed by atoms with Crippen LogP contribution in [0.3, 0.4) is 0 Å². The maximum absolute atomic E-state index is 8.69. The van der Waals surface area contributed by atoms with Crippen molar-refractivity contribution in [1.29, 1.82) is 0 Å². The molecule has 1 aliphatic heterocycles. The third kappa shape index (κ3) is 1.82. The van der Waals surface area contributed by atoms with Crippen LogP contribution in [0.15, 0.2) is 18.2 Å². The maximum Gasteiger partial charge on any atom is 0.142 e. The van der Waals surface area contributed by atoms with Crippen LogP contribution in [-0.2, 0) is 6.42 Å². The lowest BCUT2D eigenvalue weighted by Crippen LogP contribution is -2.13. The summed E-state index contributed by atoms with van der Waals surface area (Å²) in [6.45, 7) is 1.42. The molecule has 0 radical (unpaired) electrons. The molecular formula is C11H15NO2. The van der Waals surface area contributed by atoms with Gasteiger partial charge in [-0.1, -0.05) is 12.1 Å². The second-order valence-electron chi connectivity index (χ2n) is 3.39. The smallest absolute Gasteiger partial charge is 0.142 e. The molecule has 1 heterocycles. The summed E-state index contributed by atoms with van der Waals surface area (Å²) >= 11 is 0. The Hall–Kier alpha value is -1.22. The van der Waals surface area contributed by atoms with Gasteiger partial charge in [-0.3, -0.25) is 0 Å². The molecule has 0 bridgehead atoms. The van der Waals surface area contributed by atoms with Crippen LogP contribution >= 0.6 is 0 Å². The van der Waals surface area contributed by atoms with E-state index in [-0.39, 0.29) is 6.61 Å². The number of nitrogens with one attached hydrogen (secondary N) is 1. The molecule has 2 N–H and O–H groups in total. The van der Waals surface area contributed by atoms with Gasteiger partial charge in [0.1, 0.15) is 12.4 Å². The standard InChI is InChI=1S/C11H15NO2/c13-7-8-14-10-5-1-3-9-4-2-6-12-11(9)10/h1,3,5,12-13H,2,4,6-8H2. The molecule has 1 aliphatic rings. The van der Waals surface area contributed by atoms with Gasteiger partial charge in [-0.25, -0.2) is 0 Å². The van der Waals surface area contributed by atoms with Crippen LogP contribution in [0.1, 0.15) is 12.0 Å². The van der Waals surface area contributed by atoms with Crippen molar-refractivity contribution in [3.05, 3.63) is 23.8 Å². The van der Waals surface area contributed by atoms with Crippen LogP contribution < -0.4 is 10.1 Å². The summed E-state index contributed by atoms with van der Waals surface area (Å²) in [5.74, 6) is 0.858. The van der Waals surface area contributed by atoms with Gasteiger partial charge in [-0.2, -0.15) is 0 Å². The van der Waals surface area contributed by atoms with Crippen molar-refractivity contribution in [3.63, 3.8) is 0 Å². The van der Waals surface area contributed by atoms with Gasteiger partial charge in [0.15, 0.2) is 0 Å². The molecule has 0 atom stereocenters. The average molecular weight is 193 g/mol. The quantitative estimate of drug-likeness (QED) is 0.762. The van der Waals surface area contributed by atoms with Gasteiger partial charge < -0.3 is 15.2 Å². The minimum absolute atomic E-state index is 0.0592. The van der Waals surface area contributed by atoms with Gasteiger partial charge >= 0.3 is 0 Å². The number of para-hydroxylation sites is 1. The molecule has 0 aliphatic carbocycles. The third-order valence-electron chi connectivity index (χ3n) is 2.39. The number of fused-ring (bicyclic) bond motifs is 1. The number of rotatable bonds is 3. The van der Waals surface area contributed by atoms with Gasteiger partial charge in [0.25, 0.3) is 0 Å². The number of aryl methyl sites for hydroxylation is 1. The zero-order chi connectivity index (χ0) is 9.80. The lowest BCUT2D eigenvalue weighted by Gasteiger charge is -2.20. The Balaban J connectivity index is 2.21. The fraction of sp³-hybridized carbons (Fsp3) is 0.455. The summed E-state index contributed by atoms with van der Waals surface area (Å²) in [5.41, 5.74) is 2.42. The van der Waals surface area contributed by atoms with E-state index in [0.29, 0.717) is 6.61 Å². The summed E-state index contributed by atoms with van der Waals surface area (Å²) in [6.07, 6.45) is 2.29. The molecule has 0 saturated carbocycles. The molecule has 0 unspecified atom stereocenters. The highest BCUT2D eigenvalue weighted by atomic mass is 16.5. The predicted octanol–water partition coefficient (Wildman–Crippen LogP) is 1.42. The molecule has 3 heteroatoms. The first-order chi connectivity index (χ1) is 6.92. The van der Waals surface area contributed by atoms with Gasteiger partial charge in [-0.05, 0) is 24.5 Å². The van der Waals surface area contributed by atoms with Gasteiger partial charge in [0.2, 0.25) is 0 Å². The molecule has 76 valence electrons. The monoisotopic (exact) mass is 193 g/mol. The highest BCUT2D eigenvalue weighted by molar-refractivity contribution is 5.63. The van der Waals surface area contributed by atoms with Crippen LogP contribution in [0.4, 0.5) is 5.69 Å². The Labute approximate surface area is 83.7 Å². The first-order valence-corrected chi connectivity index (χ1v) is 5.01. The van der Waals surface area contributed by atoms with Crippen LogP contribution in [0.25, 0.3) is 0 Å². The molecule has 0 spiro atoms. The van der Waals surface area contributed by atoms with E-state index in [2.05, 4.69) is 11.4 Å². The van der Waals surface area contributed by atoms with Crippen LogP contribution in [0.5, 0.6) is 5.75 Å². The Morgan fingerprint density at radius 3 is 3.21 bits per heavy atom.